The molecular formula is C22H17N3O4S. The number of benzene rings is 2. The van der Waals surface area contributed by atoms with Gasteiger partial charge in [0.1, 0.15) is 22.7 Å². The lowest BCUT2D eigenvalue weighted by Crippen LogP contribution is -2.12. The van der Waals surface area contributed by atoms with E-state index in [4.69, 9.17) is 9.47 Å². The van der Waals surface area contributed by atoms with Crippen LogP contribution in [0.25, 0.3) is 11.2 Å². The third-order valence-corrected chi connectivity index (χ3v) is 6.02. The molecule has 30 heavy (non-hydrogen) atoms. The Morgan fingerprint density at radius 2 is 1.63 bits per heavy atom. The molecule has 2 aromatic heterocycles. The van der Waals surface area contributed by atoms with Gasteiger partial charge >= 0.3 is 0 Å². The van der Waals surface area contributed by atoms with Gasteiger partial charge in [0, 0.05) is 17.8 Å². The smallest absolute Gasteiger partial charge is 0.269 e. The molecule has 0 unspecified atom stereocenters. The molecule has 7 nitrogen and oxygen atoms in total. The lowest BCUT2D eigenvalue weighted by atomic mass is 10.2. The highest BCUT2D eigenvalue weighted by Crippen LogP contribution is 2.22. The Labute approximate surface area is 174 Å². The van der Waals surface area contributed by atoms with Gasteiger partial charge in [0.2, 0.25) is 0 Å². The first kappa shape index (κ1) is 19.5. The summed E-state index contributed by atoms with van der Waals surface area (Å²) < 4.78 is 37.3. The number of aromatic nitrogens is 3. The summed E-state index contributed by atoms with van der Waals surface area (Å²) in [5.74, 6) is 7.20. The molecule has 0 fully saturated rings. The van der Waals surface area contributed by atoms with Crippen molar-refractivity contribution >= 4 is 21.2 Å². The normalized spacial score (nSPS) is 11.0. The van der Waals surface area contributed by atoms with Crippen LogP contribution >= 0.6 is 0 Å². The average Bonchev–Trinajstić information content (AvgIpc) is 3.22. The Morgan fingerprint density at radius 3 is 2.30 bits per heavy atom. The molecule has 150 valence electrons. The highest BCUT2D eigenvalue weighted by atomic mass is 32.2. The van der Waals surface area contributed by atoms with Crippen LogP contribution in [0.2, 0.25) is 0 Å². The second-order valence-corrected chi connectivity index (χ2v) is 8.06. The minimum atomic E-state index is -3.76. The van der Waals surface area contributed by atoms with E-state index in [9.17, 15) is 8.42 Å². The predicted molar refractivity (Wildman–Crippen MR) is 112 cm³/mol. The molecule has 0 radical (unpaired) electrons. The van der Waals surface area contributed by atoms with E-state index in [0.717, 1.165) is 3.97 Å². The van der Waals surface area contributed by atoms with Gasteiger partial charge in [0.25, 0.3) is 10.0 Å². The standard InChI is InChI=1S/C22H17N3O4S/c1-28-18-12-16(13-19(14-18)29-2)8-9-17-15-23-22-21(24-17)10-11-25(22)30(26,27)20-6-4-3-5-7-20/h3-7,10-15H,1-2H3. The summed E-state index contributed by atoms with van der Waals surface area (Å²) in [5, 5.41) is 0. The molecule has 0 amide bonds. The van der Waals surface area contributed by atoms with E-state index in [2.05, 4.69) is 21.8 Å². The van der Waals surface area contributed by atoms with Crippen LogP contribution in [0.4, 0.5) is 0 Å². The van der Waals surface area contributed by atoms with E-state index in [1.807, 2.05) is 0 Å². The molecule has 0 aliphatic carbocycles. The summed E-state index contributed by atoms with van der Waals surface area (Å²) >= 11 is 0. The van der Waals surface area contributed by atoms with Crippen molar-refractivity contribution in [1.29, 1.82) is 0 Å². The molecule has 0 atom stereocenters. The van der Waals surface area contributed by atoms with Crippen molar-refractivity contribution in [2.75, 3.05) is 14.2 Å². The molecule has 0 spiro atoms. The highest BCUT2D eigenvalue weighted by Gasteiger charge is 2.19. The summed E-state index contributed by atoms with van der Waals surface area (Å²) in [6.45, 7) is 0. The van der Waals surface area contributed by atoms with Crippen molar-refractivity contribution in [3.8, 4) is 23.3 Å². The topological polar surface area (TPSA) is 83.3 Å². The van der Waals surface area contributed by atoms with E-state index in [1.165, 1.54) is 24.5 Å². The van der Waals surface area contributed by atoms with Crippen molar-refractivity contribution in [2.45, 2.75) is 4.90 Å². The summed E-state index contributed by atoms with van der Waals surface area (Å²) in [6, 6.07) is 15.1. The van der Waals surface area contributed by atoms with Gasteiger partial charge in [0.05, 0.1) is 25.3 Å². The molecule has 2 aromatic carbocycles. The zero-order valence-corrected chi connectivity index (χ0v) is 17.1. The second kappa shape index (κ2) is 7.89. The predicted octanol–water partition coefficient (Wildman–Crippen LogP) is 3.09. The molecule has 0 saturated carbocycles. The third kappa shape index (κ3) is 3.71. The zero-order valence-electron chi connectivity index (χ0n) is 16.2. The maximum absolute atomic E-state index is 12.9. The maximum Gasteiger partial charge on any atom is 0.269 e. The SMILES string of the molecule is COc1cc(C#Cc2cnc3c(ccn3S(=O)(=O)c3ccccc3)n2)cc(OC)c1. The van der Waals surface area contributed by atoms with Crippen LogP contribution in [-0.4, -0.2) is 36.6 Å². The van der Waals surface area contributed by atoms with Crippen molar-refractivity contribution in [1.82, 2.24) is 13.9 Å². The van der Waals surface area contributed by atoms with Gasteiger partial charge in [-0.25, -0.2) is 22.4 Å². The van der Waals surface area contributed by atoms with E-state index >= 15 is 0 Å². The molecule has 0 saturated heterocycles. The van der Waals surface area contributed by atoms with Crippen LogP contribution < -0.4 is 9.47 Å². The first-order chi connectivity index (χ1) is 14.5. The van der Waals surface area contributed by atoms with Crippen LogP contribution in [0.3, 0.4) is 0 Å². The van der Waals surface area contributed by atoms with Crippen LogP contribution in [0, 0.1) is 11.8 Å². The molecule has 0 N–H and O–H groups in total. The summed E-state index contributed by atoms with van der Waals surface area (Å²) in [6.07, 6.45) is 2.89. The largest absolute Gasteiger partial charge is 0.497 e. The molecule has 4 rings (SSSR count). The van der Waals surface area contributed by atoms with E-state index in [0.29, 0.717) is 28.3 Å². The fourth-order valence-corrected chi connectivity index (χ4v) is 4.18. The fraction of sp³-hybridized carbons (Fsp3) is 0.0909. The number of rotatable bonds is 4. The molecule has 0 aliphatic heterocycles. The highest BCUT2D eigenvalue weighted by molar-refractivity contribution is 7.90. The van der Waals surface area contributed by atoms with Crippen LogP contribution in [-0.2, 0) is 10.0 Å². The third-order valence-electron chi connectivity index (χ3n) is 4.34. The minimum Gasteiger partial charge on any atom is -0.497 e. The maximum atomic E-state index is 12.9. The minimum absolute atomic E-state index is 0.181. The molecule has 0 bridgehead atoms. The van der Waals surface area contributed by atoms with Crippen LogP contribution in [0.5, 0.6) is 11.5 Å². The summed E-state index contributed by atoms with van der Waals surface area (Å²) in [4.78, 5) is 8.88. The summed E-state index contributed by atoms with van der Waals surface area (Å²) in [7, 11) is -0.617. The Morgan fingerprint density at radius 1 is 0.933 bits per heavy atom. The quantitative estimate of drug-likeness (QED) is 0.473. The van der Waals surface area contributed by atoms with Gasteiger partial charge in [-0.3, -0.25) is 0 Å². The van der Waals surface area contributed by atoms with E-state index < -0.39 is 10.0 Å². The number of nitrogens with zero attached hydrogens (tertiary/aromatic N) is 3. The van der Waals surface area contributed by atoms with Crippen LogP contribution in [0.15, 0.2) is 71.9 Å². The number of ether oxygens (including phenoxy) is 2. The Bertz CT molecular complexity index is 1360. The molecule has 0 aliphatic rings. The Kier molecular flexibility index (Phi) is 5.12. The van der Waals surface area contributed by atoms with E-state index in [1.54, 1.807) is 56.7 Å². The Balaban J connectivity index is 1.70. The number of methoxy groups -OCH3 is 2. The van der Waals surface area contributed by atoms with Crippen molar-refractivity contribution in [3.05, 3.63) is 78.2 Å². The number of hydrogen-bond donors (Lipinski definition) is 0. The fourth-order valence-electron chi connectivity index (χ4n) is 2.86. The lowest BCUT2D eigenvalue weighted by molar-refractivity contribution is 0.394. The molecule has 8 heteroatoms. The lowest BCUT2D eigenvalue weighted by Gasteiger charge is -2.06. The molecule has 2 heterocycles. The molecule has 4 aromatic rings. The second-order valence-electron chi connectivity index (χ2n) is 6.25. The number of fused-ring (bicyclic) bond motifs is 1. The average molecular weight is 419 g/mol. The van der Waals surface area contributed by atoms with Crippen molar-refractivity contribution in [3.63, 3.8) is 0 Å². The summed E-state index contributed by atoms with van der Waals surface area (Å²) in [5.41, 5.74) is 1.79. The first-order valence-corrected chi connectivity index (χ1v) is 10.3. The molecular weight excluding hydrogens is 402 g/mol. The van der Waals surface area contributed by atoms with Gasteiger partial charge < -0.3 is 9.47 Å². The van der Waals surface area contributed by atoms with Gasteiger partial charge in [-0.05, 0) is 36.3 Å². The van der Waals surface area contributed by atoms with Gasteiger partial charge in [-0.15, -0.1) is 0 Å². The van der Waals surface area contributed by atoms with E-state index in [-0.39, 0.29) is 10.5 Å². The Hall–Kier alpha value is -3.83. The van der Waals surface area contributed by atoms with Crippen LogP contribution in [0.1, 0.15) is 11.3 Å². The van der Waals surface area contributed by atoms with Crippen molar-refractivity contribution in [2.24, 2.45) is 0 Å². The van der Waals surface area contributed by atoms with Crippen molar-refractivity contribution < 1.29 is 17.9 Å². The van der Waals surface area contributed by atoms with Gasteiger partial charge in [-0.1, -0.05) is 24.1 Å². The van der Waals surface area contributed by atoms with Gasteiger partial charge in [0.15, 0.2) is 5.65 Å². The van der Waals surface area contributed by atoms with Gasteiger partial charge in [-0.2, -0.15) is 0 Å². The zero-order chi connectivity index (χ0) is 21.1. The monoisotopic (exact) mass is 419 g/mol. The first-order valence-electron chi connectivity index (χ1n) is 8.91. The number of hydrogen-bond acceptors (Lipinski definition) is 6.